The van der Waals surface area contributed by atoms with Crippen molar-refractivity contribution in [2.24, 2.45) is 5.92 Å². The number of hydrogen-bond acceptors (Lipinski definition) is 2. The molecule has 2 aliphatic rings. The standard InChI is InChI=1S/C14H25NO2/c1-2-14(17)10-15(11-14)13(16)9-8-12-6-4-3-5-7-12/h12,17H,2-11H2,1H3. The van der Waals surface area contributed by atoms with Crippen LogP contribution in [0.3, 0.4) is 0 Å². The molecule has 0 aromatic rings. The lowest BCUT2D eigenvalue weighted by Crippen LogP contribution is -2.63. The minimum Gasteiger partial charge on any atom is -0.386 e. The van der Waals surface area contributed by atoms with Gasteiger partial charge in [0.25, 0.3) is 0 Å². The molecule has 0 radical (unpaired) electrons. The van der Waals surface area contributed by atoms with Gasteiger partial charge in [0.2, 0.25) is 5.91 Å². The van der Waals surface area contributed by atoms with Crippen molar-refractivity contribution in [2.75, 3.05) is 13.1 Å². The number of hydrogen-bond donors (Lipinski definition) is 1. The van der Waals surface area contributed by atoms with Crippen LogP contribution < -0.4 is 0 Å². The Morgan fingerprint density at radius 1 is 1.29 bits per heavy atom. The lowest BCUT2D eigenvalue weighted by Gasteiger charge is -2.46. The van der Waals surface area contributed by atoms with Crippen LogP contribution in [0.5, 0.6) is 0 Å². The maximum atomic E-state index is 11.9. The summed E-state index contributed by atoms with van der Waals surface area (Å²) in [5.41, 5.74) is -0.583. The fraction of sp³-hybridized carbons (Fsp3) is 0.929. The summed E-state index contributed by atoms with van der Waals surface area (Å²) in [6, 6.07) is 0. The maximum absolute atomic E-state index is 11.9. The van der Waals surface area contributed by atoms with Gasteiger partial charge in [0, 0.05) is 6.42 Å². The predicted octanol–water partition coefficient (Wildman–Crippen LogP) is 2.33. The van der Waals surface area contributed by atoms with Crippen molar-refractivity contribution in [1.82, 2.24) is 4.90 Å². The van der Waals surface area contributed by atoms with Crippen LogP contribution in [0.15, 0.2) is 0 Å². The van der Waals surface area contributed by atoms with E-state index in [2.05, 4.69) is 0 Å². The van der Waals surface area contributed by atoms with Gasteiger partial charge in [-0.05, 0) is 18.8 Å². The highest BCUT2D eigenvalue weighted by Crippen LogP contribution is 2.29. The summed E-state index contributed by atoms with van der Waals surface area (Å²) in [5.74, 6) is 1.02. The Morgan fingerprint density at radius 2 is 1.94 bits per heavy atom. The van der Waals surface area contributed by atoms with Crippen LogP contribution in [0.2, 0.25) is 0 Å². The lowest BCUT2D eigenvalue weighted by atomic mass is 9.85. The number of aliphatic hydroxyl groups is 1. The molecule has 0 atom stereocenters. The van der Waals surface area contributed by atoms with Gasteiger partial charge in [-0.25, -0.2) is 0 Å². The molecule has 1 saturated carbocycles. The van der Waals surface area contributed by atoms with E-state index >= 15 is 0 Å². The van der Waals surface area contributed by atoms with Gasteiger partial charge in [0.15, 0.2) is 0 Å². The first kappa shape index (κ1) is 12.9. The van der Waals surface area contributed by atoms with Gasteiger partial charge in [-0.3, -0.25) is 4.79 Å². The van der Waals surface area contributed by atoms with Gasteiger partial charge in [-0.15, -0.1) is 0 Å². The number of rotatable bonds is 4. The number of nitrogens with zero attached hydrogens (tertiary/aromatic N) is 1. The Kier molecular flexibility index (Phi) is 4.08. The van der Waals surface area contributed by atoms with Gasteiger partial charge in [0.05, 0.1) is 18.7 Å². The maximum Gasteiger partial charge on any atom is 0.222 e. The molecule has 1 aliphatic carbocycles. The minimum absolute atomic E-state index is 0.244. The number of amides is 1. The molecule has 1 N–H and O–H groups in total. The van der Waals surface area contributed by atoms with Gasteiger partial charge in [-0.2, -0.15) is 0 Å². The van der Waals surface area contributed by atoms with Crippen LogP contribution in [-0.4, -0.2) is 34.6 Å². The summed E-state index contributed by atoms with van der Waals surface area (Å²) < 4.78 is 0. The quantitative estimate of drug-likeness (QED) is 0.818. The summed E-state index contributed by atoms with van der Waals surface area (Å²) in [7, 11) is 0. The van der Waals surface area contributed by atoms with E-state index in [1.165, 1.54) is 32.1 Å². The topological polar surface area (TPSA) is 40.5 Å². The van der Waals surface area contributed by atoms with Crippen molar-refractivity contribution in [1.29, 1.82) is 0 Å². The van der Waals surface area contributed by atoms with Gasteiger partial charge < -0.3 is 10.0 Å². The summed E-state index contributed by atoms with van der Waals surface area (Å²) in [5, 5.41) is 9.86. The molecule has 0 unspecified atom stereocenters. The average Bonchev–Trinajstić information content (AvgIpc) is 2.33. The fourth-order valence-electron chi connectivity index (χ4n) is 3.03. The van der Waals surface area contributed by atoms with E-state index in [-0.39, 0.29) is 5.91 Å². The Morgan fingerprint density at radius 3 is 2.53 bits per heavy atom. The molecule has 0 aromatic heterocycles. The monoisotopic (exact) mass is 239 g/mol. The zero-order chi connectivity index (χ0) is 12.3. The van der Waals surface area contributed by atoms with Crippen LogP contribution >= 0.6 is 0 Å². The smallest absolute Gasteiger partial charge is 0.222 e. The molecule has 1 amide bonds. The summed E-state index contributed by atoms with van der Waals surface area (Å²) >= 11 is 0. The number of β-amino-alcohol motifs (C(OH)–C–C–N with tert-alkyl or cyclic N) is 1. The van der Waals surface area contributed by atoms with E-state index in [0.29, 0.717) is 19.5 Å². The van der Waals surface area contributed by atoms with Gasteiger partial charge in [0.1, 0.15) is 0 Å². The molecule has 1 saturated heterocycles. The van der Waals surface area contributed by atoms with Crippen LogP contribution in [0.25, 0.3) is 0 Å². The third kappa shape index (κ3) is 3.21. The second-order valence-corrected chi connectivity index (χ2v) is 5.87. The molecule has 2 fully saturated rings. The summed E-state index contributed by atoms with van der Waals surface area (Å²) in [6.07, 6.45) is 9.18. The van der Waals surface area contributed by atoms with Crippen molar-refractivity contribution >= 4 is 5.91 Å². The van der Waals surface area contributed by atoms with E-state index in [1.54, 1.807) is 0 Å². The van der Waals surface area contributed by atoms with Crippen molar-refractivity contribution in [2.45, 2.75) is 63.9 Å². The first-order valence-corrected chi connectivity index (χ1v) is 7.13. The van der Waals surface area contributed by atoms with Crippen molar-refractivity contribution in [3.63, 3.8) is 0 Å². The van der Waals surface area contributed by atoms with E-state index < -0.39 is 5.60 Å². The van der Waals surface area contributed by atoms with E-state index in [1.807, 2.05) is 11.8 Å². The highest BCUT2D eigenvalue weighted by molar-refractivity contribution is 5.77. The van der Waals surface area contributed by atoms with E-state index in [4.69, 9.17) is 0 Å². The van der Waals surface area contributed by atoms with Crippen LogP contribution in [-0.2, 0) is 4.79 Å². The van der Waals surface area contributed by atoms with Crippen LogP contribution in [0.1, 0.15) is 58.3 Å². The second kappa shape index (κ2) is 5.38. The fourth-order valence-corrected chi connectivity index (χ4v) is 3.03. The molecule has 0 spiro atoms. The molecule has 0 bridgehead atoms. The SMILES string of the molecule is CCC1(O)CN(C(=O)CCC2CCCCC2)C1. The number of likely N-dealkylation sites (tertiary alicyclic amines) is 1. The molecule has 0 aromatic carbocycles. The zero-order valence-electron chi connectivity index (χ0n) is 11.0. The highest BCUT2D eigenvalue weighted by Gasteiger charge is 2.41. The Bertz CT molecular complexity index is 265. The predicted molar refractivity (Wildman–Crippen MR) is 67.6 cm³/mol. The third-order valence-electron chi connectivity index (χ3n) is 4.47. The first-order chi connectivity index (χ1) is 8.13. The molecule has 98 valence electrons. The van der Waals surface area contributed by atoms with Crippen LogP contribution in [0, 0.1) is 5.92 Å². The normalized spacial score (nSPS) is 24.5. The summed E-state index contributed by atoms with van der Waals surface area (Å²) in [6.45, 7) is 3.07. The molecular weight excluding hydrogens is 214 g/mol. The minimum atomic E-state index is -0.583. The zero-order valence-corrected chi connectivity index (χ0v) is 11.0. The molecule has 3 nitrogen and oxygen atoms in total. The molecule has 17 heavy (non-hydrogen) atoms. The van der Waals surface area contributed by atoms with Gasteiger partial charge >= 0.3 is 0 Å². The number of carbonyl (C=O) groups is 1. The molecule has 1 heterocycles. The lowest BCUT2D eigenvalue weighted by molar-refractivity contribution is -0.156. The largest absolute Gasteiger partial charge is 0.386 e. The molecular formula is C14H25NO2. The first-order valence-electron chi connectivity index (χ1n) is 7.13. The second-order valence-electron chi connectivity index (χ2n) is 5.87. The van der Waals surface area contributed by atoms with E-state index in [9.17, 15) is 9.90 Å². The molecule has 2 rings (SSSR count). The Balaban J connectivity index is 1.65. The Labute approximate surface area is 104 Å². The van der Waals surface area contributed by atoms with Crippen LogP contribution in [0.4, 0.5) is 0 Å². The molecule has 1 aliphatic heterocycles. The van der Waals surface area contributed by atoms with Crippen molar-refractivity contribution in [3.05, 3.63) is 0 Å². The Hall–Kier alpha value is -0.570. The number of carbonyl (C=O) groups excluding carboxylic acids is 1. The van der Waals surface area contributed by atoms with Crippen molar-refractivity contribution < 1.29 is 9.90 Å². The summed E-state index contributed by atoms with van der Waals surface area (Å²) in [4.78, 5) is 13.7. The average molecular weight is 239 g/mol. The van der Waals surface area contributed by atoms with E-state index in [0.717, 1.165) is 18.8 Å². The molecule has 3 heteroatoms. The highest BCUT2D eigenvalue weighted by atomic mass is 16.3. The third-order valence-corrected chi connectivity index (χ3v) is 4.47. The van der Waals surface area contributed by atoms with Gasteiger partial charge in [-0.1, -0.05) is 39.0 Å². The van der Waals surface area contributed by atoms with Crippen molar-refractivity contribution in [3.8, 4) is 0 Å².